The van der Waals surface area contributed by atoms with E-state index in [9.17, 15) is 13.2 Å². The van der Waals surface area contributed by atoms with Gasteiger partial charge in [0, 0.05) is 30.9 Å². The molecule has 128 valence electrons. The van der Waals surface area contributed by atoms with Crippen molar-refractivity contribution in [1.82, 2.24) is 0 Å². The normalized spacial score (nSPS) is 13.7. The lowest BCUT2D eigenvalue weighted by Crippen LogP contribution is -2.22. The van der Waals surface area contributed by atoms with Crippen LogP contribution in [0.15, 0.2) is 53.5 Å². The molecule has 24 heavy (non-hydrogen) atoms. The molecule has 0 aliphatic carbocycles. The number of anilines is 1. The van der Waals surface area contributed by atoms with Crippen LogP contribution in [-0.2, 0) is 6.18 Å². The quantitative estimate of drug-likeness (QED) is 0.861. The molecule has 3 nitrogen and oxygen atoms in total. The molecule has 6 heteroatoms. The number of nitrogens with two attached hydrogens (primary N) is 1. The first-order valence-electron chi connectivity index (χ1n) is 7.48. The second-order valence-electron chi connectivity index (χ2n) is 5.67. The molecule has 2 N–H and O–H groups in total. The summed E-state index contributed by atoms with van der Waals surface area (Å²) in [5.74, 6) is 0. The average molecular weight is 335 g/mol. The van der Waals surface area contributed by atoms with Crippen LogP contribution in [0.2, 0.25) is 0 Å². The maximum Gasteiger partial charge on any atom is 0.417 e. The third kappa shape index (κ3) is 3.94. The van der Waals surface area contributed by atoms with Crippen molar-refractivity contribution in [2.75, 3.05) is 19.0 Å². The van der Waals surface area contributed by atoms with Gasteiger partial charge in [-0.3, -0.25) is 4.99 Å². The van der Waals surface area contributed by atoms with E-state index >= 15 is 0 Å². The summed E-state index contributed by atoms with van der Waals surface area (Å²) in [6, 6.07) is 12.6. The lowest BCUT2D eigenvalue weighted by atomic mass is 9.95. The second kappa shape index (κ2) is 7.05. The van der Waals surface area contributed by atoms with Gasteiger partial charge in [0.15, 0.2) is 0 Å². The number of benzene rings is 2. The van der Waals surface area contributed by atoms with Gasteiger partial charge >= 0.3 is 6.18 Å². The van der Waals surface area contributed by atoms with Crippen LogP contribution in [-0.4, -0.2) is 26.0 Å². The summed E-state index contributed by atoms with van der Waals surface area (Å²) in [5.41, 5.74) is 6.69. The average Bonchev–Trinajstić information content (AvgIpc) is 2.51. The van der Waals surface area contributed by atoms with Gasteiger partial charge in [-0.05, 0) is 19.1 Å². The number of nitrogens with zero attached hydrogens (tertiary/aromatic N) is 2. The van der Waals surface area contributed by atoms with Gasteiger partial charge in [0.05, 0.1) is 17.4 Å². The summed E-state index contributed by atoms with van der Waals surface area (Å²) in [5, 5.41) is 0. The molecule has 2 rings (SSSR count). The Bertz CT molecular complexity index is 734. The van der Waals surface area contributed by atoms with E-state index in [0.29, 0.717) is 5.56 Å². The van der Waals surface area contributed by atoms with Crippen LogP contribution in [0.4, 0.5) is 18.9 Å². The van der Waals surface area contributed by atoms with E-state index in [0.717, 1.165) is 11.8 Å². The van der Waals surface area contributed by atoms with E-state index in [1.54, 1.807) is 25.1 Å². The van der Waals surface area contributed by atoms with Crippen molar-refractivity contribution in [2.24, 2.45) is 10.7 Å². The minimum absolute atomic E-state index is 0.0246. The monoisotopic (exact) mass is 335 g/mol. The molecule has 1 atom stereocenters. The Morgan fingerprint density at radius 2 is 1.54 bits per heavy atom. The zero-order valence-corrected chi connectivity index (χ0v) is 13.8. The molecule has 1 unspecified atom stereocenters. The zero-order valence-electron chi connectivity index (χ0n) is 13.8. The number of para-hydroxylation sites is 1. The number of hydrogen-bond acceptors (Lipinski definition) is 3. The van der Waals surface area contributed by atoms with Gasteiger partial charge in [0.1, 0.15) is 0 Å². The fourth-order valence-electron chi connectivity index (χ4n) is 2.49. The van der Waals surface area contributed by atoms with E-state index in [1.165, 1.54) is 12.1 Å². The molecule has 0 radical (unpaired) electrons. The van der Waals surface area contributed by atoms with Gasteiger partial charge in [-0.25, -0.2) is 0 Å². The topological polar surface area (TPSA) is 41.6 Å². The fourth-order valence-corrected chi connectivity index (χ4v) is 2.49. The smallest absolute Gasteiger partial charge is 0.377 e. The molecular formula is C18H20F3N3. The van der Waals surface area contributed by atoms with Crippen molar-refractivity contribution in [2.45, 2.75) is 19.3 Å². The molecule has 0 bridgehead atoms. The van der Waals surface area contributed by atoms with E-state index in [-0.39, 0.29) is 11.3 Å². The largest absolute Gasteiger partial charge is 0.417 e. The van der Waals surface area contributed by atoms with Gasteiger partial charge in [0.25, 0.3) is 0 Å². The van der Waals surface area contributed by atoms with E-state index in [1.807, 2.05) is 31.1 Å². The van der Waals surface area contributed by atoms with Crippen LogP contribution < -0.4 is 10.6 Å². The SMILES string of the molecule is CC(N)/N=C(\c1ccccc1N(C)C)c1ccccc1C(F)(F)F. The summed E-state index contributed by atoms with van der Waals surface area (Å²) < 4.78 is 40.3. The van der Waals surface area contributed by atoms with Crippen molar-refractivity contribution < 1.29 is 13.2 Å². The Morgan fingerprint density at radius 1 is 1.00 bits per heavy atom. The number of halogens is 3. The molecule has 0 spiro atoms. The van der Waals surface area contributed by atoms with Crippen molar-refractivity contribution in [3.63, 3.8) is 0 Å². The summed E-state index contributed by atoms with van der Waals surface area (Å²) in [7, 11) is 3.66. The Kier molecular flexibility index (Phi) is 5.29. The van der Waals surface area contributed by atoms with Crippen LogP contribution >= 0.6 is 0 Å². The molecule has 0 saturated heterocycles. The van der Waals surface area contributed by atoms with E-state index < -0.39 is 17.9 Å². The van der Waals surface area contributed by atoms with Crippen LogP contribution in [0, 0.1) is 0 Å². The van der Waals surface area contributed by atoms with Crippen LogP contribution in [0.5, 0.6) is 0 Å². The molecule has 0 aliphatic rings. The molecule has 0 aromatic heterocycles. The highest BCUT2D eigenvalue weighted by Crippen LogP contribution is 2.34. The highest BCUT2D eigenvalue weighted by atomic mass is 19.4. The Balaban J connectivity index is 2.75. The van der Waals surface area contributed by atoms with Gasteiger partial charge in [-0.1, -0.05) is 36.4 Å². The molecule has 0 fully saturated rings. The molecule has 2 aromatic carbocycles. The third-order valence-corrected chi connectivity index (χ3v) is 3.46. The molecule has 2 aromatic rings. The van der Waals surface area contributed by atoms with Crippen molar-refractivity contribution >= 4 is 11.4 Å². The number of alkyl halides is 3. The molecular weight excluding hydrogens is 315 g/mol. The third-order valence-electron chi connectivity index (χ3n) is 3.46. The summed E-state index contributed by atoms with van der Waals surface area (Å²) in [6.45, 7) is 1.63. The maximum absolute atomic E-state index is 13.4. The van der Waals surface area contributed by atoms with Crippen LogP contribution in [0.3, 0.4) is 0 Å². The molecule has 0 aliphatic heterocycles. The van der Waals surface area contributed by atoms with Crippen molar-refractivity contribution in [1.29, 1.82) is 0 Å². The predicted molar refractivity (Wildman–Crippen MR) is 91.5 cm³/mol. The Hall–Kier alpha value is -2.34. The fraction of sp³-hybridized carbons (Fsp3) is 0.278. The highest BCUT2D eigenvalue weighted by Gasteiger charge is 2.34. The first-order chi connectivity index (χ1) is 11.2. The van der Waals surface area contributed by atoms with E-state index in [2.05, 4.69) is 4.99 Å². The van der Waals surface area contributed by atoms with Crippen molar-refractivity contribution in [3.05, 3.63) is 65.2 Å². The molecule has 0 heterocycles. The van der Waals surface area contributed by atoms with Crippen LogP contribution in [0.1, 0.15) is 23.6 Å². The lowest BCUT2D eigenvalue weighted by molar-refractivity contribution is -0.137. The first kappa shape index (κ1) is 18.0. The standard InChI is InChI=1S/C18H20F3N3/c1-12(22)23-17(14-9-5-7-11-16(14)24(2)3)13-8-4-6-10-15(13)18(19,20)21/h4-12H,22H2,1-3H3/b23-17-. The Morgan fingerprint density at radius 3 is 2.08 bits per heavy atom. The first-order valence-corrected chi connectivity index (χ1v) is 7.48. The Labute approximate surface area is 139 Å². The maximum atomic E-state index is 13.4. The van der Waals surface area contributed by atoms with Gasteiger partial charge < -0.3 is 10.6 Å². The minimum Gasteiger partial charge on any atom is -0.377 e. The number of hydrogen-bond donors (Lipinski definition) is 1. The number of rotatable bonds is 4. The van der Waals surface area contributed by atoms with Crippen molar-refractivity contribution in [3.8, 4) is 0 Å². The molecule has 0 saturated carbocycles. The summed E-state index contributed by atoms with van der Waals surface area (Å²) in [4.78, 5) is 6.14. The second-order valence-corrected chi connectivity index (χ2v) is 5.67. The van der Waals surface area contributed by atoms with Gasteiger partial charge in [0.2, 0.25) is 0 Å². The van der Waals surface area contributed by atoms with Gasteiger partial charge in [-0.2, -0.15) is 13.2 Å². The summed E-state index contributed by atoms with van der Waals surface area (Å²) >= 11 is 0. The van der Waals surface area contributed by atoms with E-state index in [4.69, 9.17) is 5.73 Å². The number of aliphatic imine (C=N–C) groups is 1. The van der Waals surface area contributed by atoms with Crippen LogP contribution in [0.25, 0.3) is 0 Å². The lowest BCUT2D eigenvalue weighted by Gasteiger charge is -2.21. The predicted octanol–water partition coefficient (Wildman–Crippen LogP) is 3.91. The van der Waals surface area contributed by atoms with Gasteiger partial charge in [-0.15, -0.1) is 0 Å². The highest BCUT2D eigenvalue weighted by molar-refractivity contribution is 6.16. The summed E-state index contributed by atoms with van der Waals surface area (Å²) in [6.07, 6.45) is -5.10. The zero-order chi connectivity index (χ0) is 17.9. The molecule has 0 amide bonds. The minimum atomic E-state index is -4.47.